The monoisotopic (exact) mass is 217 g/mol. The third kappa shape index (κ3) is 2.09. The minimum atomic E-state index is 0.292. The number of benzene rings is 1. The van der Waals surface area contributed by atoms with Crippen molar-refractivity contribution in [3.63, 3.8) is 0 Å². The predicted octanol–water partition coefficient (Wildman–Crippen LogP) is 2.24. The quantitative estimate of drug-likeness (QED) is 0.853. The molecule has 0 saturated carbocycles. The Morgan fingerprint density at radius 2 is 2.12 bits per heavy atom. The molecule has 0 aliphatic carbocycles. The van der Waals surface area contributed by atoms with E-state index < -0.39 is 0 Å². The van der Waals surface area contributed by atoms with Gasteiger partial charge >= 0.3 is 0 Å². The van der Waals surface area contributed by atoms with Gasteiger partial charge in [-0.1, -0.05) is 25.1 Å². The molecule has 1 unspecified atom stereocenters. The van der Waals surface area contributed by atoms with Crippen molar-refractivity contribution < 1.29 is 0 Å². The minimum Gasteiger partial charge on any atom is -0.328 e. The maximum absolute atomic E-state index is 5.94. The molecule has 0 aliphatic rings. The molecule has 3 nitrogen and oxygen atoms in total. The van der Waals surface area contributed by atoms with Crippen molar-refractivity contribution in [2.24, 2.45) is 12.8 Å². The van der Waals surface area contributed by atoms with E-state index in [0.29, 0.717) is 6.04 Å². The average Bonchev–Trinajstić information content (AvgIpc) is 2.64. The summed E-state index contributed by atoms with van der Waals surface area (Å²) < 4.78 is 1.95. The van der Waals surface area contributed by atoms with Gasteiger partial charge in [0.05, 0.1) is 11.2 Å². The van der Waals surface area contributed by atoms with Gasteiger partial charge in [-0.25, -0.2) is 0 Å². The van der Waals surface area contributed by atoms with E-state index in [1.807, 2.05) is 17.8 Å². The fourth-order valence-electron chi connectivity index (χ4n) is 2.00. The van der Waals surface area contributed by atoms with Gasteiger partial charge in [0.25, 0.3) is 0 Å². The van der Waals surface area contributed by atoms with Gasteiger partial charge in [0.1, 0.15) is 0 Å². The lowest BCUT2D eigenvalue weighted by molar-refractivity contribution is 0.588. The fourth-order valence-corrected chi connectivity index (χ4v) is 2.00. The lowest BCUT2D eigenvalue weighted by Crippen LogP contribution is -2.19. The Morgan fingerprint density at radius 3 is 2.88 bits per heavy atom. The van der Waals surface area contributed by atoms with Crippen LogP contribution in [0.5, 0.6) is 0 Å². The van der Waals surface area contributed by atoms with Gasteiger partial charge < -0.3 is 5.73 Å². The van der Waals surface area contributed by atoms with Gasteiger partial charge in [0.15, 0.2) is 0 Å². The Kier molecular flexibility index (Phi) is 3.25. The maximum Gasteiger partial charge on any atom is 0.0703 e. The number of aromatic nitrogens is 2. The molecule has 2 rings (SSSR count). The van der Waals surface area contributed by atoms with Crippen LogP contribution in [0.1, 0.15) is 25.5 Å². The van der Waals surface area contributed by atoms with Gasteiger partial charge in [-0.15, -0.1) is 0 Å². The van der Waals surface area contributed by atoms with Crippen LogP contribution in [0.3, 0.4) is 0 Å². The summed E-state index contributed by atoms with van der Waals surface area (Å²) in [5.41, 5.74) is 8.30. The van der Waals surface area contributed by atoms with Crippen LogP contribution in [0.2, 0.25) is 0 Å². The Hall–Kier alpha value is -1.35. The van der Waals surface area contributed by atoms with Gasteiger partial charge in [-0.2, -0.15) is 5.10 Å². The van der Waals surface area contributed by atoms with Crippen LogP contribution in [0.15, 0.2) is 24.3 Å². The molecule has 16 heavy (non-hydrogen) atoms. The zero-order valence-electron chi connectivity index (χ0n) is 9.98. The van der Waals surface area contributed by atoms with Gasteiger partial charge in [-0.3, -0.25) is 4.68 Å². The number of hydrogen-bond acceptors (Lipinski definition) is 2. The molecule has 1 aromatic heterocycles. The molecule has 1 atom stereocenters. The lowest BCUT2D eigenvalue weighted by atomic mass is 10.1. The summed E-state index contributed by atoms with van der Waals surface area (Å²) in [6.45, 7) is 2.13. The van der Waals surface area contributed by atoms with E-state index in [-0.39, 0.29) is 0 Å². The third-order valence-electron chi connectivity index (χ3n) is 3.11. The number of fused-ring (bicyclic) bond motifs is 1. The molecule has 1 aromatic carbocycles. The van der Waals surface area contributed by atoms with E-state index in [1.165, 1.54) is 16.6 Å². The van der Waals surface area contributed by atoms with Gasteiger partial charge in [0, 0.05) is 18.5 Å². The molecule has 1 heterocycles. The van der Waals surface area contributed by atoms with Crippen molar-refractivity contribution in [2.75, 3.05) is 0 Å². The number of nitrogens with two attached hydrogens (primary N) is 1. The standard InChI is InChI=1S/C13H19N3/c1-3-10(14)8-9-12-11-6-4-5-7-13(11)16(2)15-12/h4-7,10H,3,8-9,14H2,1-2H3. The Bertz CT molecular complexity index is 473. The molecule has 0 aliphatic heterocycles. The van der Waals surface area contributed by atoms with Crippen LogP contribution < -0.4 is 5.73 Å². The van der Waals surface area contributed by atoms with Crippen LogP contribution in [0.4, 0.5) is 0 Å². The molecule has 3 heteroatoms. The van der Waals surface area contributed by atoms with Crippen molar-refractivity contribution in [1.82, 2.24) is 9.78 Å². The Morgan fingerprint density at radius 1 is 1.38 bits per heavy atom. The molecular formula is C13H19N3. The summed E-state index contributed by atoms with van der Waals surface area (Å²) in [6.07, 6.45) is 3.01. The number of aryl methyl sites for hydroxylation is 2. The SMILES string of the molecule is CCC(N)CCc1nn(C)c2ccccc12. The first-order valence-corrected chi connectivity index (χ1v) is 5.88. The molecule has 86 valence electrons. The van der Waals surface area contributed by atoms with Crippen molar-refractivity contribution in [3.05, 3.63) is 30.0 Å². The van der Waals surface area contributed by atoms with E-state index in [9.17, 15) is 0 Å². The van der Waals surface area contributed by atoms with Crippen LogP contribution in [-0.4, -0.2) is 15.8 Å². The van der Waals surface area contributed by atoms with E-state index in [2.05, 4.69) is 30.2 Å². The Balaban J connectivity index is 2.24. The van der Waals surface area contributed by atoms with E-state index >= 15 is 0 Å². The summed E-state index contributed by atoms with van der Waals surface area (Å²) in [6, 6.07) is 8.64. The number of para-hydroxylation sites is 1. The Labute approximate surface area is 96.2 Å². The molecule has 0 spiro atoms. The molecular weight excluding hydrogens is 198 g/mol. The first-order chi connectivity index (χ1) is 7.72. The number of hydrogen-bond donors (Lipinski definition) is 1. The highest BCUT2D eigenvalue weighted by atomic mass is 15.3. The fraction of sp³-hybridized carbons (Fsp3) is 0.462. The zero-order chi connectivity index (χ0) is 11.5. The average molecular weight is 217 g/mol. The van der Waals surface area contributed by atoms with Crippen LogP contribution in [0, 0.1) is 0 Å². The normalized spacial score (nSPS) is 13.2. The first-order valence-electron chi connectivity index (χ1n) is 5.88. The van der Waals surface area contributed by atoms with Crippen molar-refractivity contribution in [3.8, 4) is 0 Å². The first kappa shape index (κ1) is 11.1. The molecule has 2 aromatic rings. The van der Waals surface area contributed by atoms with Gasteiger partial charge in [0.2, 0.25) is 0 Å². The molecule has 0 saturated heterocycles. The summed E-state index contributed by atoms with van der Waals surface area (Å²) in [5.74, 6) is 0. The van der Waals surface area contributed by atoms with Gasteiger partial charge in [-0.05, 0) is 25.3 Å². The van der Waals surface area contributed by atoms with Crippen LogP contribution in [-0.2, 0) is 13.5 Å². The number of rotatable bonds is 4. The molecule has 2 N–H and O–H groups in total. The molecule has 0 amide bonds. The topological polar surface area (TPSA) is 43.8 Å². The maximum atomic E-state index is 5.94. The number of nitrogens with zero attached hydrogens (tertiary/aromatic N) is 2. The zero-order valence-corrected chi connectivity index (χ0v) is 9.98. The molecule has 0 radical (unpaired) electrons. The third-order valence-corrected chi connectivity index (χ3v) is 3.11. The summed E-state index contributed by atoms with van der Waals surface area (Å²) >= 11 is 0. The van der Waals surface area contributed by atoms with Crippen LogP contribution in [0.25, 0.3) is 10.9 Å². The smallest absolute Gasteiger partial charge is 0.0703 e. The molecule has 0 fully saturated rings. The van der Waals surface area contributed by atoms with Crippen molar-refractivity contribution in [1.29, 1.82) is 0 Å². The largest absolute Gasteiger partial charge is 0.328 e. The van der Waals surface area contributed by atoms with Crippen molar-refractivity contribution in [2.45, 2.75) is 32.2 Å². The second kappa shape index (κ2) is 4.66. The van der Waals surface area contributed by atoms with E-state index in [1.54, 1.807) is 0 Å². The molecule has 0 bridgehead atoms. The second-order valence-electron chi connectivity index (χ2n) is 4.29. The minimum absolute atomic E-state index is 0.292. The summed E-state index contributed by atoms with van der Waals surface area (Å²) in [4.78, 5) is 0. The van der Waals surface area contributed by atoms with Crippen molar-refractivity contribution >= 4 is 10.9 Å². The highest BCUT2D eigenvalue weighted by molar-refractivity contribution is 5.81. The lowest BCUT2D eigenvalue weighted by Gasteiger charge is -2.06. The predicted molar refractivity (Wildman–Crippen MR) is 67.3 cm³/mol. The highest BCUT2D eigenvalue weighted by Gasteiger charge is 2.08. The van der Waals surface area contributed by atoms with Crippen LogP contribution >= 0.6 is 0 Å². The van der Waals surface area contributed by atoms with E-state index in [4.69, 9.17) is 5.73 Å². The van der Waals surface area contributed by atoms with E-state index in [0.717, 1.165) is 19.3 Å². The highest BCUT2D eigenvalue weighted by Crippen LogP contribution is 2.19. The second-order valence-corrected chi connectivity index (χ2v) is 4.29. The summed E-state index contributed by atoms with van der Waals surface area (Å²) in [7, 11) is 1.99. The summed E-state index contributed by atoms with van der Waals surface area (Å²) in [5, 5.41) is 5.81.